The minimum atomic E-state index is -0.0554. The van der Waals surface area contributed by atoms with E-state index in [0.29, 0.717) is 23.2 Å². The number of para-hydroxylation sites is 1. The molecule has 0 radical (unpaired) electrons. The smallest absolute Gasteiger partial charge is 0.235 e. The Morgan fingerprint density at radius 3 is 2.85 bits per heavy atom. The van der Waals surface area contributed by atoms with Gasteiger partial charge in [-0.2, -0.15) is 5.10 Å². The number of aromatic nitrogens is 2. The highest BCUT2D eigenvalue weighted by atomic mass is 35.5. The van der Waals surface area contributed by atoms with Crippen molar-refractivity contribution in [3.8, 4) is 5.75 Å². The quantitative estimate of drug-likeness (QED) is 0.665. The maximum Gasteiger partial charge on any atom is 0.235 e. The van der Waals surface area contributed by atoms with Crippen LogP contribution in [-0.4, -0.2) is 21.9 Å². The summed E-state index contributed by atoms with van der Waals surface area (Å²) in [4.78, 5) is 12.0. The summed E-state index contributed by atoms with van der Waals surface area (Å²) in [5.41, 5.74) is 3.86. The number of H-pyrrole nitrogens is 1. The first-order chi connectivity index (χ1) is 13.1. The van der Waals surface area contributed by atoms with E-state index < -0.39 is 0 Å². The van der Waals surface area contributed by atoms with Crippen LogP contribution in [0.15, 0.2) is 48.5 Å². The summed E-state index contributed by atoms with van der Waals surface area (Å²) in [5, 5.41) is 10.7. The van der Waals surface area contributed by atoms with Crippen LogP contribution in [0.25, 0.3) is 0 Å². The van der Waals surface area contributed by atoms with Crippen LogP contribution in [0.1, 0.15) is 27.6 Å². The van der Waals surface area contributed by atoms with Gasteiger partial charge in [-0.3, -0.25) is 9.89 Å². The van der Waals surface area contributed by atoms with Crippen molar-refractivity contribution in [1.29, 1.82) is 0 Å². The van der Waals surface area contributed by atoms with Crippen molar-refractivity contribution in [2.75, 3.05) is 11.1 Å². The fourth-order valence-electron chi connectivity index (χ4n) is 3.11. The third-order valence-electron chi connectivity index (χ3n) is 4.44. The number of anilines is 1. The molecule has 0 unspecified atom stereocenters. The highest BCUT2D eigenvalue weighted by Crippen LogP contribution is 2.45. The van der Waals surface area contributed by atoms with Gasteiger partial charge in [0.2, 0.25) is 5.91 Å². The number of nitrogens with one attached hydrogen (secondary N) is 2. The topological polar surface area (TPSA) is 67.0 Å². The molecule has 27 heavy (non-hydrogen) atoms. The second-order valence-electron chi connectivity index (χ2n) is 6.27. The lowest BCUT2D eigenvalue weighted by Crippen LogP contribution is -2.12. The molecule has 5 nitrogen and oxygen atoms in total. The Balaban J connectivity index is 1.68. The van der Waals surface area contributed by atoms with Gasteiger partial charge in [0.15, 0.2) is 5.82 Å². The SMILES string of the molecule is Cc1[nH]nc2c1[C@@H](c1ccccc1OCc1ccccc1Cl)SCC(=O)N2. The van der Waals surface area contributed by atoms with E-state index in [1.807, 2.05) is 55.5 Å². The molecule has 0 aliphatic carbocycles. The number of hydrogen-bond acceptors (Lipinski definition) is 4. The molecule has 7 heteroatoms. The summed E-state index contributed by atoms with van der Waals surface area (Å²) < 4.78 is 6.12. The number of aromatic amines is 1. The van der Waals surface area contributed by atoms with Crippen LogP contribution in [0.5, 0.6) is 5.75 Å². The number of aryl methyl sites for hydroxylation is 1. The monoisotopic (exact) mass is 399 g/mol. The van der Waals surface area contributed by atoms with Crippen molar-refractivity contribution in [2.45, 2.75) is 18.8 Å². The number of thioether (sulfide) groups is 1. The molecule has 0 fully saturated rings. The number of amides is 1. The summed E-state index contributed by atoms with van der Waals surface area (Å²) in [6.07, 6.45) is 0. The molecule has 1 aliphatic rings. The Bertz CT molecular complexity index is 989. The number of ether oxygens (including phenoxy) is 1. The Labute approximate surface area is 166 Å². The molecule has 0 saturated carbocycles. The maximum absolute atomic E-state index is 12.0. The Hall–Kier alpha value is -2.44. The van der Waals surface area contributed by atoms with Crippen LogP contribution in [-0.2, 0) is 11.4 Å². The van der Waals surface area contributed by atoms with E-state index in [2.05, 4.69) is 15.5 Å². The van der Waals surface area contributed by atoms with Crippen LogP contribution in [0.2, 0.25) is 5.02 Å². The van der Waals surface area contributed by atoms with Crippen LogP contribution in [0.3, 0.4) is 0 Å². The van der Waals surface area contributed by atoms with E-state index in [-0.39, 0.29) is 11.2 Å². The predicted molar refractivity (Wildman–Crippen MR) is 108 cm³/mol. The molecule has 1 amide bonds. The van der Waals surface area contributed by atoms with Crippen molar-refractivity contribution in [3.05, 3.63) is 75.9 Å². The van der Waals surface area contributed by atoms with Crippen LogP contribution in [0.4, 0.5) is 5.82 Å². The third kappa shape index (κ3) is 3.68. The molecular weight excluding hydrogens is 382 g/mol. The van der Waals surface area contributed by atoms with Gasteiger partial charge in [-0.15, -0.1) is 11.8 Å². The Kier molecular flexibility index (Phi) is 5.09. The van der Waals surface area contributed by atoms with Gasteiger partial charge in [-0.25, -0.2) is 0 Å². The fourth-order valence-corrected chi connectivity index (χ4v) is 4.52. The normalized spacial score (nSPS) is 16.4. The Morgan fingerprint density at radius 2 is 2.00 bits per heavy atom. The van der Waals surface area contributed by atoms with E-state index in [1.54, 1.807) is 11.8 Å². The molecule has 2 N–H and O–H groups in total. The first-order valence-corrected chi connectivity index (χ1v) is 9.97. The number of carbonyl (C=O) groups excluding carboxylic acids is 1. The largest absolute Gasteiger partial charge is 0.489 e. The average molecular weight is 400 g/mol. The lowest BCUT2D eigenvalue weighted by Gasteiger charge is -2.19. The molecule has 138 valence electrons. The highest BCUT2D eigenvalue weighted by Gasteiger charge is 2.30. The van der Waals surface area contributed by atoms with Crippen molar-refractivity contribution in [1.82, 2.24) is 10.2 Å². The lowest BCUT2D eigenvalue weighted by molar-refractivity contribution is -0.113. The minimum absolute atomic E-state index is 0.0512. The van der Waals surface area contributed by atoms with Crippen molar-refractivity contribution >= 4 is 35.1 Å². The molecule has 4 rings (SSSR count). The summed E-state index contributed by atoms with van der Waals surface area (Å²) in [6, 6.07) is 15.5. The number of halogens is 1. The fraction of sp³-hybridized carbons (Fsp3) is 0.200. The van der Waals surface area contributed by atoms with Gasteiger partial charge >= 0.3 is 0 Å². The minimum Gasteiger partial charge on any atom is -0.489 e. The van der Waals surface area contributed by atoms with Gasteiger partial charge in [0.25, 0.3) is 0 Å². The van der Waals surface area contributed by atoms with Gasteiger partial charge in [-0.05, 0) is 19.1 Å². The van der Waals surface area contributed by atoms with Gasteiger partial charge < -0.3 is 10.1 Å². The number of hydrogen-bond donors (Lipinski definition) is 2. The Morgan fingerprint density at radius 1 is 1.22 bits per heavy atom. The number of benzene rings is 2. The zero-order valence-corrected chi connectivity index (χ0v) is 16.2. The standard InChI is InChI=1S/C20H18ClN3O2S/c1-12-18-19(27-11-17(25)22-20(18)24-23-12)14-7-3-5-9-16(14)26-10-13-6-2-4-8-15(13)21/h2-9,19H,10-11H2,1H3,(H2,22,23,24,25)/t19-/m1/s1. The van der Waals surface area contributed by atoms with E-state index in [4.69, 9.17) is 16.3 Å². The van der Waals surface area contributed by atoms with Gasteiger partial charge in [0, 0.05) is 27.4 Å². The van der Waals surface area contributed by atoms with Crippen LogP contribution < -0.4 is 10.1 Å². The van der Waals surface area contributed by atoms with E-state index in [9.17, 15) is 4.79 Å². The van der Waals surface area contributed by atoms with Crippen LogP contribution in [0, 0.1) is 6.92 Å². The van der Waals surface area contributed by atoms with E-state index >= 15 is 0 Å². The molecule has 0 bridgehead atoms. The first kappa shape index (κ1) is 17.9. The molecule has 1 aliphatic heterocycles. The summed E-state index contributed by atoms with van der Waals surface area (Å²) in [7, 11) is 0. The zero-order valence-electron chi connectivity index (χ0n) is 14.7. The molecule has 2 heterocycles. The van der Waals surface area contributed by atoms with E-state index in [1.165, 1.54) is 0 Å². The average Bonchev–Trinajstić information content (AvgIpc) is 2.93. The van der Waals surface area contributed by atoms with Crippen molar-refractivity contribution in [2.24, 2.45) is 0 Å². The van der Waals surface area contributed by atoms with Crippen LogP contribution >= 0.6 is 23.4 Å². The van der Waals surface area contributed by atoms with Gasteiger partial charge in [0.1, 0.15) is 12.4 Å². The highest BCUT2D eigenvalue weighted by molar-refractivity contribution is 8.00. The molecular formula is C20H18ClN3O2S. The third-order valence-corrected chi connectivity index (χ3v) is 6.06. The molecule has 2 aromatic carbocycles. The second-order valence-corrected chi connectivity index (χ2v) is 7.77. The maximum atomic E-state index is 12.0. The summed E-state index contributed by atoms with van der Waals surface area (Å²) in [5.74, 6) is 1.67. The molecule has 0 spiro atoms. The first-order valence-electron chi connectivity index (χ1n) is 8.55. The van der Waals surface area contributed by atoms with Crippen molar-refractivity contribution in [3.63, 3.8) is 0 Å². The summed E-state index contributed by atoms with van der Waals surface area (Å²) in [6.45, 7) is 2.34. The number of fused-ring (bicyclic) bond motifs is 1. The molecule has 1 atom stereocenters. The molecule has 3 aromatic rings. The van der Waals surface area contributed by atoms with E-state index in [0.717, 1.165) is 28.1 Å². The predicted octanol–water partition coefficient (Wildman–Crippen LogP) is 4.73. The molecule has 0 saturated heterocycles. The number of rotatable bonds is 4. The zero-order chi connectivity index (χ0) is 18.8. The van der Waals surface area contributed by atoms with Gasteiger partial charge in [-0.1, -0.05) is 48.0 Å². The second kappa shape index (κ2) is 7.66. The molecule has 1 aromatic heterocycles. The number of carbonyl (C=O) groups is 1. The number of nitrogens with zero attached hydrogens (tertiary/aromatic N) is 1. The van der Waals surface area contributed by atoms with Crippen molar-refractivity contribution < 1.29 is 9.53 Å². The summed E-state index contributed by atoms with van der Waals surface area (Å²) >= 11 is 7.81. The van der Waals surface area contributed by atoms with Gasteiger partial charge in [0.05, 0.1) is 11.0 Å². The lowest BCUT2D eigenvalue weighted by atomic mass is 10.0.